The Balaban J connectivity index is 1.78. The fourth-order valence-electron chi connectivity index (χ4n) is 2.60. The van der Waals surface area contributed by atoms with Crippen molar-refractivity contribution >= 4 is 27.4 Å². The Morgan fingerprint density at radius 3 is 2.58 bits per heavy atom. The number of ketones is 1. The number of amides is 1. The van der Waals surface area contributed by atoms with E-state index >= 15 is 0 Å². The molecule has 1 amide bonds. The van der Waals surface area contributed by atoms with E-state index in [0.717, 1.165) is 0 Å². The van der Waals surface area contributed by atoms with Crippen molar-refractivity contribution in [2.75, 3.05) is 31.6 Å². The van der Waals surface area contributed by atoms with Crippen molar-refractivity contribution in [2.24, 2.45) is 0 Å². The molecular weight excluding hydrogens is 358 g/mol. The maximum absolute atomic E-state index is 12.7. The number of Topliss-reactive ketones (excluding diaryl/α,β-unsaturated/α-hetero) is 1. The number of aromatic nitrogens is 1. The molecule has 1 fully saturated rings. The van der Waals surface area contributed by atoms with Gasteiger partial charge in [0.05, 0.1) is 18.1 Å². The van der Waals surface area contributed by atoms with Crippen molar-refractivity contribution in [3.05, 3.63) is 47.8 Å². The van der Waals surface area contributed by atoms with Gasteiger partial charge in [-0.15, -0.1) is 0 Å². The Hall–Kier alpha value is -2.49. The van der Waals surface area contributed by atoms with Gasteiger partial charge in [0.25, 0.3) is 5.91 Å². The van der Waals surface area contributed by atoms with Crippen molar-refractivity contribution in [1.82, 2.24) is 9.29 Å². The number of nitrogens with one attached hydrogen (secondary N) is 2. The number of carbonyl (C=O) groups excluding carboxylic acids is 2. The number of ether oxygens (including phenoxy) is 1. The summed E-state index contributed by atoms with van der Waals surface area (Å²) < 4.78 is 31.9. The van der Waals surface area contributed by atoms with Crippen LogP contribution in [0.3, 0.4) is 0 Å². The summed E-state index contributed by atoms with van der Waals surface area (Å²) in [6, 6.07) is 7.52. The van der Waals surface area contributed by atoms with Crippen LogP contribution < -0.4 is 5.32 Å². The van der Waals surface area contributed by atoms with Crippen LogP contribution in [0.4, 0.5) is 5.69 Å². The summed E-state index contributed by atoms with van der Waals surface area (Å²) in [6.45, 7) is 2.73. The first-order valence-corrected chi connectivity index (χ1v) is 9.50. The molecule has 1 saturated heterocycles. The lowest BCUT2D eigenvalue weighted by atomic mass is 10.2. The van der Waals surface area contributed by atoms with Crippen molar-refractivity contribution in [3.63, 3.8) is 0 Å². The summed E-state index contributed by atoms with van der Waals surface area (Å²) in [5.74, 6) is -0.614. The van der Waals surface area contributed by atoms with E-state index in [0.29, 0.717) is 37.6 Å². The summed E-state index contributed by atoms with van der Waals surface area (Å²) in [7, 11) is -3.64. The van der Waals surface area contributed by atoms with Gasteiger partial charge in [-0.2, -0.15) is 4.31 Å². The number of H-pyrrole nitrogens is 1. The molecule has 1 aromatic carbocycles. The van der Waals surface area contributed by atoms with Gasteiger partial charge in [-0.3, -0.25) is 9.59 Å². The molecule has 2 heterocycles. The minimum absolute atomic E-state index is 0.105. The van der Waals surface area contributed by atoms with Crippen molar-refractivity contribution in [2.45, 2.75) is 11.8 Å². The molecule has 0 spiro atoms. The molecule has 1 aromatic heterocycles. The number of benzene rings is 1. The van der Waals surface area contributed by atoms with Crippen LogP contribution in [0.5, 0.6) is 0 Å². The van der Waals surface area contributed by atoms with E-state index in [2.05, 4.69) is 10.3 Å². The monoisotopic (exact) mass is 377 g/mol. The first-order chi connectivity index (χ1) is 12.4. The second kappa shape index (κ2) is 7.40. The van der Waals surface area contributed by atoms with Crippen molar-refractivity contribution < 1.29 is 22.7 Å². The Labute approximate surface area is 151 Å². The molecule has 0 bridgehead atoms. The Morgan fingerprint density at radius 1 is 1.19 bits per heavy atom. The lowest BCUT2D eigenvalue weighted by molar-refractivity contribution is 0.0730. The first kappa shape index (κ1) is 18.3. The highest BCUT2D eigenvalue weighted by Crippen LogP contribution is 2.21. The molecule has 9 heteroatoms. The molecule has 1 aliphatic heterocycles. The molecule has 0 atom stereocenters. The molecule has 0 aliphatic carbocycles. The first-order valence-electron chi connectivity index (χ1n) is 8.06. The van der Waals surface area contributed by atoms with E-state index in [-0.39, 0.29) is 16.4 Å². The van der Waals surface area contributed by atoms with Crippen LogP contribution in [-0.2, 0) is 14.8 Å². The summed E-state index contributed by atoms with van der Waals surface area (Å²) >= 11 is 0. The van der Waals surface area contributed by atoms with Gasteiger partial charge in [0.1, 0.15) is 5.69 Å². The van der Waals surface area contributed by atoms with Gasteiger partial charge in [-0.05, 0) is 31.2 Å². The molecular formula is C17H19N3O5S. The molecule has 3 rings (SSSR count). The SMILES string of the molecule is CC(=O)c1c[nH]c(C(=O)Nc2cccc(S(=O)(=O)N3CCOCC3)c2)c1. The quantitative estimate of drug-likeness (QED) is 0.768. The second-order valence-corrected chi connectivity index (χ2v) is 7.79. The molecule has 138 valence electrons. The third-order valence-electron chi connectivity index (χ3n) is 4.03. The van der Waals surface area contributed by atoms with E-state index in [1.165, 1.54) is 35.6 Å². The van der Waals surface area contributed by atoms with E-state index < -0.39 is 15.9 Å². The molecule has 0 unspecified atom stereocenters. The molecule has 2 aromatic rings. The molecule has 0 saturated carbocycles. The van der Waals surface area contributed by atoms with E-state index in [4.69, 9.17) is 4.74 Å². The molecule has 1 aliphatic rings. The summed E-state index contributed by atoms with van der Waals surface area (Å²) in [5.41, 5.74) is 0.971. The van der Waals surface area contributed by atoms with E-state index in [9.17, 15) is 18.0 Å². The van der Waals surface area contributed by atoms with Gasteiger partial charge in [-0.25, -0.2) is 8.42 Å². The summed E-state index contributed by atoms with van der Waals surface area (Å²) in [4.78, 5) is 26.4. The summed E-state index contributed by atoms with van der Waals surface area (Å²) in [5, 5.41) is 2.64. The minimum atomic E-state index is -3.64. The van der Waals surface area contributed by atoms with Crippen LogP contribution in [0, 0.1) is 0 Å². The number of morpholine rings is 1. The minimum Gasteiger partial charge on any atom is -0.379 e. The normalized spacial score (nSPS) is 15.6. The zero-order chi connectivity index (χ0) is 18.7. The van der Waals surface area contributed by atoms with Crippen molar-refractivity contribution in [1.29, 1.82) is 0 Å². The topological polar surface area (TPSA) is 109 Å². The van der Waals surface area contributed by atoms with E-state index in [1.807, 2.05) is 0 Å². The largest absolute Gasteiger partial charge is 0.379 e. The standard InChI is InChI=1S/C17H19N3O5S/c1-12(21)13-9-16(18-11-13)17(22)19-14-3-2-4-15(10-14)26(23,24)20-5-7-25-8-6-20/h2-4,9-11,18H,5-8H2,1H3,(H,19,22). The van der Waals surface area contributed by atoms with Crippen LogP contribution in [0.2, 0.25) is 0 Å². The number of nitrogens with zero attached hydrogens (tertiary/aromatic N) is 1. The van der Waals surface area contributed by atoms with Gasteiger partial charge in [0.2, 0.25) is 10.0 Å². The lowest BCUT2D eigenvalue weighted by Gasteiger charge is -2.26. The fraction of sp³-hybridized carbons (Fsp3) is 0.294. The number of anilines is 1. The van der Waals surface area contributed by atoms with Gasteiger partial charge in [0.15, 0.2) is 5.78 Å². The maximum atomic E-state index is 12.7. The van der Waals surface area contributed by atoms with Gasteiger partial charge >= 0.3 is 0 Å². The van der Waals surface area contributed by atoms with E-state index in [1.54, 1.807) is 12.1 Å². The smallest absolute Gasteiger partial charge is 0.272 e. The zero-order valence-corrected chi connectivity index (χ0v) is 15.0. The highest BCUT2D eigenvalue weighted by Gasteiger charge is 2.26. The fourth-order valence-corrected chi connectivity index (χ4v) is 4.05. The Kier molecular flexibility index (Phi) is 5.21. The number of hydrogen-bond donors (Lipinski definition) is 2. The molecule has 8 nitrogen and oxygen atoms in total. The number of sulfonamides is 1. The molecule has 0 radical (unpaired) electrons. The van der Waals surface area contributed by atoms with Crippen molar-refractivity contribution in [3.8, 4) is 0 Å². The predicted molar refractivity (Wildman–Crippen MR) is 94.8 cm³/mol. The highest BCUT2D eigenvalue weighted by atomic mass is 32.2. The Bertz CT molecular complexity index is 929. The number of hydrogen-bond acceptors (Lipinski definition) is 5. The van der Waals surface area contributed by atoms with Crippen LogP contribution in [0.15, 0.2) is 41.4 Å². The van der Waals surface area contributed by atoms with Gasteiger partial charge < -0.3 is 15.0 Å². The average Bonchev–Trinajstić information content (AvgIpc) is 3.13. The molecule has 26 heavy (non-hydrogen) atoms. The number of rotatable bonds is 5. The maximum Gasteiger partial charge on any atom is 0.272 e. The van der Waals surface area contributed by atoms with Crippen LogP contribution in [0.1, 0.15) is 27.8 Å². The number of aromatic amines is 1. The highest BCUT2D eigenvalue weighted by molar-refractivity contribution is 7.89. The Morgan fingerprint density at radius 2 is 1.92 bits per heavy atom. The predicted octanol–water partition coefficient (Wildman–Crippen LogP) is 1.49. The third-order valence-corrected chi connectivity index (χ3v) is 5.93. The average molecular weight is 377 g/mol. The lowest BCUT2D eigenvalue weighted by Crippen LogP contribution is -2.40. The zero-order valence-electron chi connectivity index (χ0n) is 14.2. The number of carbonyl (C=O) groups is 2. The van der Waals surface area contributed by atoms with Gasteiger partial charge in [0, 0.05) is 30.5 Å². The summed E-state index contributed by atoms with van der Waals surface area (Å²) in [6.07, 6.45) is 1.45. The second-order valence-electron chi connectivity index (χ2n) is 5.86. The van der Waals surface area contributed by atoms with Crippen LogP contribution >= 0.6 is 0 Å². The van der Waals surface area contributed by atoms with Crippen LogP contribution in [0.25, 0.3) is 0 Å². The van der Waals surface area contributed by atoms with Crippen LogP contribution in [-0.4, -0.2) is 55.7 Å². The third kappa shape index (κ3) is 3.85. The van der Waals surface area contributed by atoms with Gasteiger partial charge in [-0.1, -0.05) is 6.07 Å². The molecule has 2 N–H and O–H groups in total.